The number of methoxy groups -OCH3 is 1. The van der Waals surface area contributed by atoms with Gasteiger partial charge in [0.1, 0.15) is 0 Å². The van der Waals surface area contributed by atoms with E-state index in [0.29, 0.717) is 6.54 Å². The molecule has 1 unspecified atom stereocenters. The zero-order valence-corrected chi connectivity index (χ0v) is 12.6. The zero-order chi connectivity index (χ0) is 14.5. The van der Waals surface area contributed by atoms with Crippen LogP contribution in [-0.2, 0) is 24.2 Å². The molecule has 0 saturated carbocycles. The molecule has 1 aliphatic heterocycles. The summed E-state index contributed by atoms with van der Waals surface area (Å²) in [6, 6.07) is 6.74. The Hall–Kier alpha value is -1.55. The summed E-state index contributed by atoms with van der Waals surface area (Å²) in [7, 11) is 1.44. The number of nitrogens with one attached hydrogen (secondary N) is 1. The van der Waals surface area contributed by atoms with Gasteiger partial charge in [-0.1, -0.05) is 25.1 Å². The molecule has 4 heteroatoms. The summed E-state index contributed by atoms with van der Waals surface area (Å²) < 4.78 is 4.84. The van der Waals surface area contributed by atoms with E-state index in [1.165, 1.54) is 23.8 Å². The molecule has 2 rings (SSSR count). The van der Waals surface area contributed by atoms with Gasteiger partial charge in [-0.25, -0.2) is 4.79 Å². The second kappa shape index (κ2) is 6.75. The second-order valence-corrected chi connectivity index (χ2v) is 5.43. The largest absolute Gasteiger partial charge is 0.453 e. The summed E-state index contributed by atoms with van der Waals surface area (Å²) in [5, 5.41) is 3.42. The van der Waals surface area contributed by atoms with Gasteiger partial charge in [-0.3, -0.25) is 0 Å². The van der Waals surface area contributed by atoms with Crippen LogP contribution in [0.15, 0.2) is 18.2 Å². The molecule has 1 aliphatic rings. The van der Waals surface area contributed by atoms with Crippen molar-refractivity contribution < 1.29 is 9.53 Å². The van der Waals surface area contributed by atoms with Gasteiger partial charge in [0, 0.05) is 19.1 Å². The van der Waals surface area contributed by atoms with Crippen molar-refractivity contribution >= 4 is 6.09 Å². The first kappa shape index (κ1) is 14.9. The van der Waals surface area contributed by atoms with E-state index < -0.39 is 0 Å². The molecule has 110 valence electrons. The van der Waals surface area contributed by atoms with E-state index in [2.05, 4.69) is 37.4 Å². The third kappa shape index (κ3) is 3.31. The summed E-state index contributed by atoms with van der Waals surface area (Å²) in [5.74, 6) is 0. The fraction of sp³-hybridized carbons (Fsp3) is 0.562. The van der Waals surface area contributed by atoms with Crippen molar-refractivity contribution in [3.8, 4) is 0 Å². The van der Waals surface area contributed by atoms with E-state index in [1.54, 1.807) is 4.90 Å². The van der Waals surface area contributed by atoms with Crippen molar-refractivity contribution in [3.05, 3.63) is 34.9 Å². The number of rotatable bonds is 4. The lowest BCUT2D eigenvalue weighted by Gasteiger charge is -2.34. The Morgan fingerprint density at radius 3 is 2.95 bits per heavy atom. The standard InChI is InChI=1S/C16H24N2O2/c1-4-7-17-10-13-5-6-14-11-18(16(19)20-3)12(2)8-15(14)9-13/h5-6,9,12,17H,4,7-8,10-11H2,1-3H3. The third-order valence-corrected chi connectivity index (χ3v) is 3.82. The van der Waals surface area contributed by atoms with E-state index in [4.69, 9.17) is 4.74 Å². The highest BCUT2D eigenvalue weighted by molar-refractivity contribution is 5.68. The van der Waals surface area contributed by atoms with E-state index in [1.807, 2.05) is 0 Å². The molecule has 0 fully saturated rings. The fourth-order valence-electron chi connectivity index (χ4n) is 2.67. The van der Waals surface area contributed by atoms with Crippen molar-refractivity contribution in [1.29, 1.82) is 0 Å². The summed E-state index contributed by atoms with van der Waals surface area (Å²) in [4.78, 5) is 13.5. The number of ether oxygens (including phenoxy) is 1. The Morgan fingerprint density at radius 2 is 2.25 bits per heavy atom. The monoisotopic (exact) mass is 276 g/mol. The molecule has 1 atom stereocenters. The van der Waals surface area contributed by atoms with Gasteiger partial charge in [-0.15, -0.1) is 0 Å². The predicted molar refractivity (Wildman–Crippen MR) is 79.6 cm³/mol. The molecule has 20 heavy (non-hydrogen) atoms. The van der Waals surface area contributed by atoms with Crippen molar-refractivity contribution in [2.75, 3.05) is 13.7 Å². The average Bonchev–Trinajstić information content (AvgIpc) is 2.46. The summed E-state index contributed by atoms with van der Waals surface area (Å²) >= 11 is 0. The first-order valence-corrected chi connectivity index (χ1v) is 7.31. The van der Waals surface area contributed by atoms with Crippen LogP contribution in [0.1, 0.15) is 37.0 Å². The molecule has 0 aromatic heterocycles. The SMILES string of the molecule is CCCNCc1ccc2c(c1)CC(C)N(C(=O)OC)C2. The Bertz CT molecular complexity index is 474. The van der Waals surface area contributed by atoms with Crippen LogP contribution in [-0.4, -0.2) is 30.7 Å². The molecule has 1 aromatic rings. The van der Waals surface area contributed by atoms with Crippen LogP contribution in [0.2, 0.25) is 0 Å². The maximum absolute atomic E-state index is 11.7. The lowest BCUT2D eigenvalue weighted by Crippen LogP contribution is -2.42. The maximum Gasteiger partial charge on any atom is 0.410 e. The van der Waals surface area contributed by atoms with Gasteiger partial charge >= 0.3 is 6.09 Å². The molecular weight excluding hydrogens is 252 g/mol. The Morgan fingerprint density at radius 1 is 1.45 bits per heavy atom. The Labute approximate surface area is 121 Å². The molecule has 1 heterocycles. The molecule has 1 amide bonds. The zero-order valence-electron chi connectivity index (χ0n) is 12.6. The number of nitrogens with zero attached hydrogens (tertiary/aromatic N) is 1. The smallest absolute Gasteiger partial charge is 0.410 e. The van der Waals surface area contributed by atoms with Crippen LogP contribution >= 0.6 is 0 Å². The number of fused-ring (bicyclic) bond motifs is 1. The number of hydrogen-bond donors (Lipinski definition) is 1. The van der Waals surface area contributed by atoms with Crippen molar-refractivity contribution in [3.63, 3.8) is 0 Å². The minimum absolute atomic E-state index is 0.189. The molecular formula is C16H24N2O2. The van der Waals surface area contributed by atoms with Crippen LogP contribution < -0.4 is 5.32 Å². The average molecular weight is 276 g/mol. The van der Waals surface area contributed by atoms with Crippen LogP contribution in [0.5, 0.6) is 0 Å². The fourth-order valence-corrected chi connectivity index (χ4v) is 2.67. The summed E-state index contributed by atoms with van der Waals surface area (Å²) in [6.45, 7) is 6.84. The van der Waals surface area contributed by atoms with Crippen LogP contribution in [0.4, 0.5) is 4.79 Å². The number of carbonyl (C=O) groups is 1. The van der Waals surface area contributed by atoms with Gasteiger partial charge in [0.15, 0.2) is 0 Å². The first-order chi connectivity index (χ1) is 9.65. The number of benzene rings is 1. The number of carbonyl (C=O) groups excluding carboxylic acids is 1. The first-order valence-electron chi connectivity index (χ1n) is 7.31. The molecule has 0 radical (unpaired) electrons. The van der Waals surface area contributed by atoms with E-state index in [0.717, 1.165) is 25.9 Å². The molecule has 0 bridgehead atoms. The second-order valence-electron chi connectivity index (χ2n) is 5.43. The molecule has 1 N–H and O–H groups in total. The van der Waals surface area contributed by atoms with Gasteiger partial charge in [0.05, 0.1) is 7.11 Å². The predicted octanol–water partition coefficient (Wildman–Crippen LogP) is 2.70. The van der Waals surface area contributed by atoms with E-state index in [9.17, 15) is 4.79 Å². The van der Waals surface area contributed by atoms with Crippen molar-refractivity contribution in [2.24, 2.45) is 0 Å². The van der Waals surface area contributed by atoms with Gasteiger partial charge < -0.3 is 15.0 Å². The third-order valence-electron chi connectivity index (χ3n) is 3.82. The topological polar surface area (TPSA) is 41.6 Å². The summed E-state index contributed by atoms with van der Waals surface area (Å²) in [5.41, 5.74) is 3.90. The quantitative estimate of drug-likeness (QED) is 0.860. The lowest BCUT2D eigenvalue weighted by atomic mass is 9.93. The minimum atomic E-state index is -0.239. The normalized spacial score (nSPS) is 17.8. The molecule has 1 aromatic carbocycles. The van der Waals surface area contributed by atoms with Crippen LogP contribution in [0, 0.1) is 0 Å². The minimum Gasteiger partial charge on any atom is -0.453 e. The molecule has 0 saturated heterocycles. The van der Waals surface area contributed by atoms with Gasteiger partial charge in [0.25, 0.3) is 0 Å². The molecule has 0 spiro atoms. The molecule has 0 aliphatic carbocycles. The highest BCUT2D eigenvalue weighted by atomic mass is 16.5. The Kier molecular flexibility index (Phi) is 5.01. The van der Waals surface area contributed by atoms with Crippen LogP contribution in [0.25, 0.3) is 0 Å². The lowest BCUT2D eigenvalue weighted by molar-refractivity contribution is 0.100. The molecule has 4 nitrogen and oxygen atoms in total. The highest BCUT2D eigenvalue weighted by Crippen LogP contribution is 2.24. The number of amides is 1. The maximum atomic E-state index is 11.7. The van der Waals surface area contributed by atoms with E-state index in [-0.39, 0.29) is 12.1 Å². The van der Waals surface area contributed by atoms with Crippen molar-refractivity contribution in [2.45, 2.75) is 45.8 Å². The highest BCUT2D eigenvalue weighted by Gasteiger charge is 2.27. The van der Waals surface area contributed by atoms with Crippen LogP contribution in [0.3, 0.4) is 0 Å². The van der Waals surface area contributed by atoms with Crippen molar-refractivity contribution in [1.82, 2.24) is 10.2 Å². The Balaban J connectivity index is 2.09. The van der Waals surface area contributed by atoms with Gasteiger partial charge in [-0.2, -0.15) is 0 Å². The van der Waals surface area contributed by atoms with Gasteiger partial charge in [-0.05, 0) is 43.0 Å². The van der Waals surface area contributed by atoms with E-state index >= 15 is 0 Å². The summed E-state index contributed by atoms with van der Waals surface area (Å²) in [6.07, 6.45) is 1.80. The van der Waals surface area contributed by atoms with Gasteiger partial charge in [0.2, 0.25) is 0 Å². The number of hydrogen-bond acceptors (Lipinski definition) is 3.